The van der Waals surface area contributed by atoms with Crippen LogP contribution in [0.4, 0.5) is 6.01 Å². The Labute approximate surface area is 89.9 Å². The first-order valence-corrected chi connectivity index (χ1v) is 5.68. The fourth-order valence-corrected chi connectivity index (χ4v) is 1.76. The third kappa shape index (κ3) is 2.68. The highest BCUT2D eigenvalue weighted by Crippen LogP contribution is 2.17. The Morgan fingerprint density at radius 1 is 1.27 bits per heavy atom. The molecule has 2 heterocycles. The van der Waals surface area contributed by atoms with Crippen molar-refractivity contribution in [2.24, 2.45) is 0 Å². The normalized spacial score (nSPS) is 17.0. The summed E-state index contributed by atoms with van der Waals surface area (Å²) in [5, 5.41) is 11.2. The van der Waals surface area contributed by atoms with Gasteiger partial charge in [-0.25, -0.2) is 0 Å². The first-order chi connectivity index (χ1) is 7.40. The molecule has 2 rings (SSSR count). The van der Waals surface area contributed by atoms with Gasteiger partial charge in [-0.2, -0.15) is 0 Å². The summed E-state index contributed by atoms with van der Waals surface area (Å²) in [7, 11) is 0. The molecule has 0 spiro atoms. The van der Waals surface area contributed by atoms with Crippen molar-refractivity contribution in [1.29, 1.82) is 0 Å². The van der Waals surface area contributed by atoms with Crippen LogP contribution in [0.2, 0.25) is 0 Å². The summed E-state index contributed by atoms with van der Waals surface area (Å²) in [6, 6.07) is 0.683. The van der Waals surface area contributed by atoms with E-state index in [4.69, 9.17) is 4.42 Å². The van der Waals surface area contributed by atoms with Gasteiger partial charge in [0.2, 0.25) is 5.89 Å². The van der Waals surface area contributed by atoms with Crippen LogP contribution in [-0.2, 0) is 6.54 Å². The minimum absolute atomic E-state index is 0.664. The molecule has 1 N–H and O–H groups in total. The van der Waals surface area contributed by atoms with E-state index in [1.165, 1.54) is 19.3 Å². The number of piperidine rings is 1. The first kappa shape index (κ1) is 10.4. The van der Waals surface area contributed by atoms with Gasteiger partial charge in [0.15, 0.2) is 0 Å². The number of nitrogens with zero attached hydrogens (tertiary/aromatic N) is 3. The molecule has 0 saturated carbocycles. The molecule has 1 aliphatic heterocycles. The third-order valence-electron chi connectivity index (χ3n) is 2.61. The van der Waals surface area contributed by atoms with Crippen molar-refractivity contribution in [1.82, 2.24) is 15.5 Å². The molecule has 0 aromatic carbocycles. The molecule has 15 heavy (non-hydrogen) atoms. The Bertz CT molecular complexity index is 293. The predicted molar refractivity (Wildman–Crippen MR) is 57.7 cm³/mol. The van der Waals surface area contributed by atoms with E-state index in [9.17, 15) is 0 Å². The molecule has 0 radical (unpaired) electrons. The lowest BCUT2D eigenvalue weighted by Crippen LogP contribution is -2.29. The van der Waals surface area contributed by atoms with Crippen LogP contribution in [-0.4, -0.2) is 29.8 Å². The van der Waals surface area contributed by atoms with Crippen LogP contribution in [0.3, 0.4) is 0 Å². The Balaban J connectivity index is 1.93. The quantitative estimate of drug-likeness (QED) is 0.808. The van der Waals surface area contributed by atoms with Gasteiger partial charge in [0.25, 0.3) is 0 Å². The lowest BCUT2D eigenvalue weighted by Gasteiger charge is -2.24. The van der Waals surface area contributed by atoms with Crippen molar-refractivity contribution in [2.75, 3.05) is 24.5 Å². The zero-order chi connectivity index (χ0) is 10.5. The highest BCUT2D eigenvalue weighted by Gasteiger charge is 2.16. The molecular formula is C10H18N4O. The van der Waals surface area contributed by atoms with Crippen LogP contribution in [0.15, 0.2) is 4.42 Å². The van der Waals surface area contributed by atoms with Gasteiger partial charge in [0, 0.05) is 13.1 Å². The van der Waals surface area contributed by atoms with Crippen LogP contribution in [0.5, 0.6) is 0 Å². The zero-order valence-electron chi connectivity index (χ0n) is 9.20. The summed E-state index contributed by atoms with van der Waals surface area (Å²) in [6.07, 6.45) is 3.77. The minimum Gasteiger partial charge on any atom is -0.407 e. The van der Waals surface area contributed by atoms with E-state index in [1.807, 2.05) is 0 Å². The Morgan fingerprint density at radius 3 is 2.80 bits per heavy atom. The molecule has 0 aliphatic carbocycles. The summed E-state index contributed by atoms with van der Waals surface area (Å²) in [6.45, 7) is 5.73. The molecular weight excluding hydrogens is 192 g/mol. The van der Waals surface area contributed by atoms with Crippen molar-refractivity contribution >= 4 is 6.01 Å². The summed E-state index contributed by atoms with van der Waals surface area (Å²) in [5.74, 6) is 0.678. The van der Waals surface area contributed by atoms with Crippen LogP contribution in [0.1, 0.15) is 32.1 Å². The van der Waals surface area contributed by atoms with Gasteiger partial charge in [-0.1, -0.05) is 12.0 Å². The van der Waals surface area contributed by atoms with E-state index < -0.39 is 0 Å². The molecule has 1 fully saturated rings. The van der Waals surface area contributed by atoms with E-state index in [2.05, 4.69) is 27.3 Å². The molecule has 1 aromatic heterocycles. The fraction of sp³-hybridized carbons (Fsp3) is 0.800. The second-order valence-electron chi connectivity index (χ2n) is 3.81. The molecule has 5 heteroatoms. The van der Waals surface area contributed by atoms with Crippen LogP contribution in [0.25, 0.3) is 0 Å². The average molecular weight is 210 g/mol. The number of anilines is 1. The smallest absolute Gasteiger partial charge is 0.318 e. The Morgan fingerprint density at radius 2 is 2.07 bits per heavy atom. The summed E-state index contributed by atoms with van der Waals surface area (Å²) in [4.78, 5) is 2.17. The first-order valence-electron chi connectivity index (χ1n) is 5.68. The number of aromatic nitrogens is 2. The standard InChI is InChI=1S/C10H18N4O/c1-2-11-8-9-12-13-10(15-9)14-6-4-3-5-7-14/h11H,2-8H2,1H3. The van der Waals surface area contributed by atoms with Crippen molar-refractivity contribution in [3.63, 3.8) is 0 Å². The maximum Gasteiger partial charge on any atom is 0.318 e. The Hall–Kier alpha value is -1.10. The number of hydrogen-bond acceptors (Lipinski definition) is 5. The summed E-state index contributed by atoms with van der Waals surface area (Å²) < 4.78 is 5.57. The van der Waals surface area contributed by atoms with Gasteiger partial charge in [-0.05, 0) is 25.8 Å². The van der Waals surface area contributed by atoms with Crippen molar-refractivity contribution in [3.8, 4) is 0 Å². The highest BCUT2D eigenvalue weighted by atomic mass is 16.4. The zero-order valence-corrected chi connectivity index (χ0v) is 9.20. The lowest BCUT2D eigenvalue weighted by molar-refractivity contribution is 0.448. The number of hydrogen-bond donors (Lipinski definition) is 1. The maximum absolute atomic E-state index is 5.57. The van der Waals surface area contributed by atoms with Crippen molar-refractivity contribution in [2.45, 2.75) is 32.7 Å². The van der Waals surface area contributed by atoms with Gasteiger partial charge < -0.3 is 14.6 Å². The minimum atomic E-state index is 0.664. The highest BCUT2D eigenvalue weighted by molar-refractivity contribution is 5.24. The molecule has 0 atom stereocenters. The van der Waals surface area contributed by atoms with Gasteiger partial charge in [0.1, 0.15) is 0 Å². The number of rotatable bonds is 4. The van der Waals surface area contributed by atoms with Gasteiger partial charge >= 0.3 is 6.01 Å². The Kier molecular flexibility index (Phi) is 3.55. The van der Waals surface area contributed by atoms with Crippen LogP contribution in [0, 0.1) is 0 Å². The molecule has 1 saturated heterocycles. The second kappa shape index (κ2) is 5.11. The molecule has 1 aliphatic rings. The molecule has 1 aromatic rings. The lowest BCUT2D eigenvalue weighted by atomic mass is 10.1. The molecule has 84 valence electrons. The summed E-state index contributed by atoms with van der Waals surface area (Å²) >= 11 is 0. The van der Waals surface area contributed by atoms with E-state index in [-0.39, 0.29) is 0 Å². The largest absolute Gasteiger partial charge is 0.407 e. The van der Waals surface area contributed by atoms with E-state index in [0.717, 1.165) is 19.6 Å². The topological polar surface area (TPSA) is 54.2 Å². The van der Waals surface area contributed by atoms with Gasteiger partial charge in [-0.15, -0.1) is 5.10 Å². The van der Waals surface area contributed by atoms with E-state index in [1.54, 1.807) is 0 Å². The second-order valence-corrected chi connectivity index (χ2v) is 3.81. The van der Waals surface area contributed by atoms with E-state index in [0.29, 0.717) is 18.5 Å². The van der Waals surface area contributed by atoms with Crippen molar-refractivity contribution in [3.05, 3.63) is 5.89 Å². The third-order valence-corrected chi connectivity index (χ3v) is 2.61. The van der Waals surface area contributed by atoms with Crippen molar-refractivity contribution < 1.29 is 4.42 Å². The van der Waals surface area contributed by atoms with Gasteiger partial charge in [0.05, 0.1) is 6.54 Å². The average Bonchev–Trinajstić information content (AvgIpc) is 2.76. The maximum atomic E-state index is 5.57. The summed E-state index contributed by atoms with van der Waals surface area (Å²) in [5.41, 5.74) is 0. The van der Waals surface area contributed by atoms with Crippen LogP contribution >= 0.6 is 0 Å². The monoisotopic (exact) mass is 210 g/mol. The molecule has 0 bridgehead atoms. The molecule has 0 amide bonds. The molecule has 0 unspecified atom stereocenters. The van der Waals surface area contributed by atoms with E-state index >= 15 is 0 Å². The SMILES string of the molecule is CCNCc1nnc(N2CCCCC2)o1. The van der Waals surface area contributed by atoms with Crippen LogP contribution < -0.4 is 10.2 Å². The molecule has 5 nitrogen and oxygen atoms in total. The number of nitrogens with one attached hydrogen (secondary N) is 1. The predicted octanol–water partition coefficient (Wildman–Crippen LogP) is 1.17. The fourth-order valence-electron chi connectivity index (χ4n) is 1.76. The van der Waals surface area contributed by atoms with Gasteiger partial charge in [-0.3, -0.25) is 0 Å².